The Kier molecular flexibility index (Phi) is 6.10. The minimum absolute atomic E-state index is 0.0833. The molecule has 0 saturated heterocycles. The number of hydrogen-bond acceptors (Lipinski definition) is 3. The van der Waals surface area contributed by atoms with Crippen LogP contribution >= 0.6 is 0 Å². The number of ether oxygens (including phenoxy) is 1. The molecule has 1 rings (SSSR count). The van der Waals surface area contributed by atoms with Crippen molar-refractivity contribution in [3.63, 3.8) is 0 Å². The quantitative estimate of drug-likeness (QED) is 0.620. The summed E-state index contributed by atoms with van der Waals surface area (Å²) < 4.78 is 5.56. The number of nitrogens with two attached hydrogens (primary N) is 1. The van der Waals surface area contributed by atoms with Gasteiger partial charge in [-0.2, -0.15) is 0 Å². The third kappa shape index (κ3) is 5.34. The Labute approximate surface area is 121 Å². The zero-order valence-electron chi connectivity index (χ0n) is 12.6. The van der Waals surface area contributed by atoms with Crippen LogP contribution in [0.25, 0.3) is 6.08 Å². The lowest BCUT2D eigenvalue weighted by Gasteiger charge is -2.12. The number of benzene rings is 1. The number of anilines is 1. The molecule has 1 aromatic carbocycles. The Morgan fingerprint density at radius 2 is 2.10 bits per heavy atom. The van der Waals surface area contributed by atoms with E-state index in [2.05, 4.69) is 5.32 Å². The molecule has 0 aliphatic rings. The molecule has 4 heteroatoms. The number of rotatable bonds is 6. The summed E-state index contributed by atoms with van der Waals surface area (Å²) in [6.07, 6.45) is 4.25. The van der Waals surface area contributed by atoms with Gasteiger partial charge in [-0.3, -0.25) is 4.79 Å². The van der Waals surface area contributed by atoms with Gasteiger partial charge in [0, 0.05) is 12.1 Å². The Balaban J connectivity index is 2.69. The highest BCUT2D eigenvalue weighted by Gasteiger charge is 2.04. The van der Waals surface area contributed by atoms with E-state index in [0.717, 1.165) is 12.0 Å². The molecule has 0 aliphatic heterocycles. The normalized spacial score (nSPS) is 12.7. The fourth-order valence-corrected chi connectivity index (χ4v) is 1.60. The predicted molar refractivity (Wildman–Crippen MR) is 83.5 cm³/mol. The maximum Gasteiger partial charge on any atom is 0.244 e. The Morgan fingerprint density at radius 1 is 1.40 bits per heavy atom. The molecule has 4 nitrogen and oxygen atoms in total. The van der Waals surface area contributed by atoms with E-state index in [-0.39, 0.29) is 18.1 Å². The van der Waals surface area contributed by atoms with Gasteiger partial charge in [-0.05, 0) is 51.0 Å². The Hall–Kier alpha value is -1.97. The standard InChI is InChI=1S/C16H24N2O2/c1-5-12(4)18-16(19)9-7-13-6-8-15(14(17)10-13)20-11(2)3/h6-12H,5,17H2,1-4H3,(H,18,19)/b9-7-. The first kappa shape index (κ1) is 16.1. The van der Waals surface area contributed by atoms with Gasteiger partial charge in [-0.1, -0.05) is 13.0 Å². The van der Waals surface area contributed by atoms with Crippen LogP contribution in [0.5, 0.6) is 5.75 Å². The lowest BCUT2D eigenvalue weighted by molar-refractivity contribution is -0.117. The molecular formula is C16H24N2O2. The molecule has 0 saturated carbocycles. The van der Waals surface area contributed by atoms with Crippen molar-refractivity contribution in [2.75, 3.05) is 5.73 Å². The molecule has 0 bridgehead atoms. The third-order valence-electron chi connectivity index (χ3n) is 2.82. The van der Waals surface area contributed by atoms with Gasteiger partial charge in [-0.15, -0.1) is 0 Å². The lowest BCUT2D eigenvalue weighted by atomic mass is 10.1. The molecule has 3 N–H and O–H groups in total. The molecule has 0 aromatic heterocycles. The highest BCUT2D eigenvalue weighted by atomic mass is 16.5. The molecule has 0 fully saturated rings. The SMILES string of the molecule is CCC(C)NC(=O)/C=C\c1ccc(OC(C)C)c(N)c1. The summed E-state index contributed by atoms with van der Waals surface area (Å²) in [6.45, 7) is 7.91. The molecular weight excluding hydrogens is 252 g/mol. The van der Waals surface area contributed by atoms with Crippen LogP contribution in [-0.4, -0.2) is 18.1 Å². The fourth-order valence-electron chi connectivity index (χ4n) is 1.60. The molecule has 1 atom stereocenters. The summed E-state index contributed by atoms with van der Waals surface area (Å²) in [6, 6.07) is 5.67. The van der Waals surface area contributed by atoms with Gasteiger partial charge >= 0.3 is 0 Å². The van der Waals surface area contributed by atoms with Gasteiger partial charge in [0.15, 0.2) is 0 Å². The van der Waals surface area contributed by atoms with E-state index in [9.17, 15) is 4.79 Å². The van der Waals surface area contributed by atoms with Crippen LogP contribution in [0.4, 0.5) is 5.69 Å². The summed E-state index contributed by atoms with van der Waals surface area (Å²) in [7, 11) is 0. The van der Waals surface area contributed by atoms with E-state index in [1.807, 2.05) is 39.8 Å². The van der Waals surface area contributed by atoms with E-state index in [0.29, 0.717) is 11.4 Å². The van der Waals surface area contributed by atoms with Crippen molar-refractivity contribution < 1.29 is 9.53 Å². The number of amides is 1. The number of hydrogen-bond donors (Lipinski definition) is 2. The van der Waals surface area contributed by atoms with Crippen LogP contribution in [0.3, 0.4) is 0 Å². The molecule has 0 aliphatic carbocycles. The highest BCUT2D eigenvalue weighted by molar-refractivity contribution is 5.92. The van der Waals surface area contributed by atoms with Gasteiger partial charge in [0.2, 0.25) is 5.91 Å². The number of nitrogens with one attached hydrogen (secondary N) is 1. The van der Waals surface area contributed by atoms with Crippen molar-refractivity contribution in [2.45, 2.75) is 46.3 Å². The second kappa shape index (κ2) is 7.58. The van der Waals surface area contributed by atoms with Gasteiger partial charge in [0.05, 0.1) is 11.8 Å². The second-order valence-electron chi connectivity index (χ2n) is 5.12. The lowest BCUT2D eigenvalue weighted by Crippen LogP contribution is -2.30. The van der Waals surface area contributed by atoms with E-state index >= 15 is 0 Å². The number of nitrogen functional groups attached to an aromatic ring is 1. The smallest absolute Gasteiger partial charge is 0.244 e. The zero-order valence-corrected chi connectivity index (χ0v) is 12.6. The maximum absolute atomic E-state index is 11.6. The van der Waals surface area contributed by atoms with Gasteiger partial charge < -0.3 is 15.8 Å². The van der Waals surface area contributed by atoms with Crippen LogP contribution in [0.1, 0.15) is 39.7 Å². The Bertz CT molecular complexity index is 481. The Morgan fingerprint density at radius 3 is 2.65 bits per heavy atom. The van der Waals surface area contributed by atoms with Crippen LogP contribution in [0.15, 0.2) is 24.3 Å². The van der Waals surface area contributed by atoms with Gasteiger partial charge in [0.25, 0.3) is 0 Å². The van der Waals surface area contributed by atoms with Crippen LogP contribution in [0.2, 0.25) is 0 Å². The molecule has 1 unspecified atom stereocenters. The molecule has 0 heterocycles. The fraction of sp³-hybridized carbons (Fsp3) is 0.438. The minimum atomic E-state index is -0.0968. The second-order valence-corrected chi connectivity index (χ2v) is 5.12. The molecule has 1 amide bonds. The molecule has 20 heavy (non-hydrogen) atoms. The average Bonchev–Trinajstić information content (AvgIpc) is 2.38. The zero-order chi connectivity index (χ0) is 15.1. The first-order valence-electron chi connectivity index (χ1n) is 6.97. The first-order chi connectivity index (χ1) is 9.42. The van der Waals surface area contributed by atoms with Crippen molar-refractivity contribution in [2.24, 2.45) is 0 Å². The van der Waals surface area contributed by atoms with Crippen LogP contribution in [-0.2, 0) is 4.79 Å². The third-order valence-corrected chi connectivity index (χ3v) is 2.82. The summed E-state index contributed by atoms with van der Waals surface area (Å²) in [5.41, 5.74) is 7.36. The van der Waals surface area contributed by atoms with E-state index < -0.39 is 0 Å². The molecule has 0 radical (unpaired) electrons. The summed E-state index contributed by atoms with van der Waals surface area (Å²) in [4.78, 5) is 11.6. The van der Waals surface area contributed by atoms with E-state index in [4.69, 9.17) is 10.5 Å². The van der Waals surface area contributed by atoms with E-state index in [1.54, 1.807) is 12.1 Å². The van der Waals surface area contributed by atoms with Crippen LogP contribution in [0, 0.1) is 0 Å². The largest absolute Gasteiger partial charge is 0.489 e. The van der Waals surface area contributed by atoms with Crippen molar-refractivity contribution in [1.29, 1.82) is 0 Å². The maximum atomic E-state index is 11.6. The van der Waals surface area contributed by atoms with Crippen molar-refractivity contribution >= 4 is 17.7 Å². The van der Waals surface area contributed by atoms with E-state index in [1.165, 1.54) is 6.08 Å². The molecule has 110 valence electrons. The molecule has 1 aromatic rings. The number of carbonyl (C=O) groups excluding carboxylic acids is 1. The highest BCUT2D eigenvalue weighted by Crippen LogP contribution is 2.24. The minimum Gasteiger partial charge on any atom is -0.489 e. The summed E-state index contributed by atoms with van der Waals surface area (Å²) >= 11 is 0. The topological polar surface area (TPSA) is 64.3 Å². The van der Waals surface area contributed by atoms with Crippen molar-refractivity contribution in [3.8, 4) is 5.75 Å². The van der Waals surface area contributed by atoms with Crippen molar-refractivity contribution in [3.05, 3.63) is 29.8 Å². The summed E-state index contributed by atoms with van der Waals surface area (Å²) in [5, 5.41) is 2.87. The van der Waals surface area contributed by atoms with Gasteiger partial charge in [-0.25, -0.2) is 0 Å². The van der Waals surface area contributed by atoms with Crippen LogP contribution < -0.4 is 15.8 Å². The monoisotopic (exact) mass is 276 g/mol. The van der Waals surface area contributed by atoms with Crippen molar-refractivity contribution in [1.82, 2.24) is 5.32 Å². The number of carbonyl (C=O) groups is 1. The van der Waals surface area contributed by atoms with Gasteiger partial charge in [0.1, 0.15) is 5.75 Å². The average molecular weight is 276 g/mol. The summed E-state index contributed by atoms with van der Waals surface area (Å²) in [5.74, 6) is 0.571. The first-order valence-corrected chi connectivity index (χ1v) is 6.97. The predicted octanol–water partition coefficient (Wildman–Crippen LogP) is 2.98. The molecule has 0 spiro atoms.